The van der Waals surface area contributed by atoms with Crippen LogP contribution in [0.3, 0.4) is 0 Å². The maximum absolute atomic E-state index is 12.2. The summed E-state index contributed by atoms with van der Waals surface area (Å²) in [5.74, 6) is -0.588. The molecule has 0 aromatic carbocycles. The topological polar surface area (TPSA) is 92.7 Å². The molecule has 2 N–H and O–H groups in total. The van der Waals surface area contributed by atoms with Crippen molar-refractivity contribution in [1.82, 2.24) is 4.72 Å². The van der Waals surface area contributed by atoms with E-state index in [4.69, 9.17) is 5.11 Å². The molecule has 2 rings (SSSR count). The number of esters is 1. The minimum absolute atomic E-state index is 0.0161. The van der Waals surface area contributed by atoms with Gasteiger partial charge in [-0.1, -0.05) is 0 Å². The smallest absolute Gasteiger partial charge is 0.348 e. The van der Waals surface area contributed by atoms with Crippen LogP contribution in [0.1, 0.15) is 22.5 Å². The first-order valence-corrected chi connectivity index (χ1v) is 8.45. The van der Waals surface area contributed by atoms with Gasteiger partial charge in [-0.2, -0.15) is 0 Å². The van der Waals surface area contributed by atoms with Gasteiger partial charge >= 0.3 is 5.97 Å². The summed E-state index contributed by atoms with van der Waals surface area (Å²) in [7, 11) is -2.54. The minimum atomic E-state index is -3.77. The standard InChI is InChI=1S/C10H12BrNO5S2/c1-17-9(14)6-4-7(8(11)18-6)19(15,16)12-10(5-13)2-3-10/h4,12-13H,2-3,5H2,1H3. The lowest BCUT2D eigenvalue weighted by molar-refractivity contribution is 0.0606. The van der Waals surface area contributed by atoms with Gasteiger partial charge in [0.05, 0.1) is 23.0 Å². The van der Waals surface area contributed by atoms with Gasteiger partial charge < -0.3 is 9.84 Å². The van der Waals surface area contributed by atoms with Crippen LogP contribution in [0.2, 0.25) is 0 Å². The Hall–Kier alpha value is -0.480. The van der Waals surface area contributed by atoms with Gasteiger partial charge in [-0.3, -0.25) is 0 Å². The molecule has 19 heavy (non-hydrogen) atoms. The summed E-state index contributed by atoms with van der Waals surface area (Å²) in [5.41, 5.74) is -0.744. The van der Waals surface area contributed by atoms with E-state index in [0.717, 1.165) is 11.3 Å². The third-order valence-corrected chi connectivity index (χ3v) is 6.65. The fourth-order valence-electron chi connectivity index (χ4n) is 1.52. The number of hydrogen-bond acceptors (Lipinski definition) is 6. The van der Waals surface area contributed by atoms with Gasteiger partial charge in [0, 0.05) is 0 Å². The molecule has 1 aliphatic rings. The second-order valence-corrected chi connectivity index (χ2v) is 8.31. The monoisotopic (exact) mass is 369 g/mol. The molecule has 1 aromatic rings. The number of ether oxygens (including phenoxy) is 1. The Morgan fingerprint density at radius 2 is 2.26 bits per heavy atom. The molecule has 0 radical (unpaired) electrons. The summed E-state index contributed by atoms with van der Waals surface area (Å²) in [6.07, 6.45) is 1.21. The number of aliphatic hydroxyl groups is 1. The Kier molecular flexibility index (Phi) is 4.03. The zero-order valence-electron chi connectivity index (χ0n) is 9.97. The first kappa shape index (κ1) is 14.9. The number of sulfonamides is 1. The minimum Gasteiger partial charge on any atom is -0.465 e. The van der Waals surface area contributed by atoms with Gasteiger partial charge in [-0.15, -0.1) is 11.3 Å². The molecule has 9 heteroatoms. The van der Waals surface area contributed by atoms with E-state index in [1.165, 1.54) is 13.2 Å². The van der Waals surface area contributed by atoms with Crippen LogP contribution in [0.5, 0.6) is 0 Å². The van der Waals surface area contributed by atoms with Crippen LogP contribution in [-0.2, 0) is 14.8 Å². The van der Waals surface area contributed by atoms with Crippen molar-refractivity contribution in [3.8, 4) is 0 Å². The zero-order valence-corrected chi connectivity index (χ0v) is 13.2. The first-order valence-electron chi connectivity index (χ1n) is 5.36. The van der Waals surface area contributed by atoms with Crippen molar-refractivity contribution in [2.75, 3.05) is 13.7 Å². The fourth-order valence-corrected chi connectivity index (χ4v) is 5.45. The van der Waals surface area contributed by atoms with Crippen molar-refractivity contribution >= 4 is 43.3 Å². The van der Waals surface area contributed by atoms with Crippen molar-refractivity contribution in [3.63, 3.8) is 0 Å². The second kappa shape index (κ2) is 5.13. The molecule has 106 valence electrons. The van der Waals surface area contributed by atoms with Crippen molar-refractivity contribution < 1.29 is 23.1 Å². The molecule has 1 fully saturated rings. The third-order valence-electron chi connectivity index (χ3n) is 2.84. The van der Waals surface area contributed by atoms with Gasteiger partial charge in [0.2, 0.25) is 10.0 Å². The highest BCUT2D eigenvalue weighted by molar-refractivity contribution is 9.11. The van der Waals surface area contributed by atoms with E-state index >= 15 is 0 Å². The number of thiophene rings is 1. The summed E-state index contributed by atoms with van der Waals surface area (Å²) in [5, 5.41) is 9.16. The number of nitrogens with one attached hydrogen (secondary N) is 1. The van der Waals surface area contributed by atoms with E-state index in [1.54, 1.807) is 0 Å². The van der Waals surface area contributed by atoms with Gasteiger partial charge in [0.1, 0.15) is 9.77 Å². The van der Waals surface area contributed by atoms with Crippen LogP contribution in [0.4, 0.5) is 0 Å². The average molecular weight is 370 g/mol. The van der Waals surface area contributed by atoms with Crippen LogP contribution >= 0.6 is 27.3 Å². The van der Waals surface area contributed by atoms with E-state index in [-0.39, 0.29) is 16.4 Å². The van der Waals surface area contributed by atoms with Crippen molar-refractivity contribution in [1.29, 1.82) is 0 Å². The molecule has 1 saturated carbocycles. The number of hydrogen-bond donors (Lipinski definition) is 2. The lowest BCUT2D eigenvalue weighted by atomic mass is 10.3. The number of aliphatic hydroxyl groups excluding tert-OH is 1. The molecule has 1 aromatic heterocycles. The quantitative estimate of drug-likeness (QED) is 0.758. The van der Waals surface area contributed by atoms with Crippen LogP contribution < -0.4 is 4.72 Å². The van der Waals surface area contributed by atoms with Gasteiger partial charge in [0.25, 0.3) is 0 Å². The van der Waals surface area contributed by atoms with E-state index in [2.05, 4.69) is 25.4 Å². The zero-order chi connectivity index (χ0) is 14.3. The van der Waals surface area contributed by atoms with Gasteiger partial charge in [0.15, 0.2) is 0 Å². The summed E-state index contributed by atoms with van der Waals surface area (Å²) in [4.78, 5) is 11.6. The Labute approximate surface area is 123 Å². The third kappa shape index (κ3) is 3.00. The van der Waals surface area contributed by atoms with Crippen molar-refractivity contribution in [3.05, 3.63) is 14.7 Å². The highest BCUT2D eigenvalue weighted by Crippen LogP contribution is 2.38. The number of carbonyl (C=O) groups excluding carboxylic acids is 1. The number of carbonyl (C=O) groups is 1. The van der Waals surface area contributed by atoms with Crippen LogP contribution in [0.25, 0.3) is 0 Å². The Balaban J connectivity index is 2.30. The fraction of sp³-hybridized carbons (Fsp3) is 0.500. The van der Waals surface area contributed by atoms with Gasteiger partial charge in [-0.25, -0.2) is 17.9 Å². The Morgan fingerprint density at radius 1 is 1.63 bits per heavy atom. The summed E-state index contributed by atoms with van der Waals surface area (Å²) < 4.78 is 31.7. The molecule has 0 amide bonds. The number of halogens is 1. The molecular weight excluding hydrogens is 358 g/mol. The summed E-state index contributed by atoms with van der Waals surface area (Å²) in [6, 6.07) is 1.26. The number of methoxy groups -OCH3 is 1. The largest absolute Gasteiger partial charge is 0.465 e. The maximum Gasteiger partial charge on any atom is 0.348 e. The first-order chi connectivity index (χ1) is 8.83. The molecule has 6 nitrogen and oxygen atoms in total. The van der Waals surface area contributed by atoms with Crippen LogP contribution in [-0.4, -0.2) is 38.7 Å². The van der Waals surface area contributed by atoms with E-state index in [1.807, 2.05) is 0 Å². The highest BCUT2D eigenvalue weighted by Gasteiger charge is 2.46. The lowest BCUT2D eigenvalue weighted by Gasteiger charge is -2.13. The molecule has 0 saturated heterocycles. The molecule has 1 heterocycles. The molecule has 0 atom stereocenters. The van der Waals surface area contributed by atoms with Crippen molar-refractivity contribution in [2.45, 2.75) is 23.3 Å². The molecule has 0 unspecified atom stereocenters. The highest BCUT2D eigenvalue weighted by atomic mass is 79.9. The van der Waals surface area contributed by atoms with Gasteiger partial charge in [-0.05, 0) is 34.8 Å². The van der Waals surface area contributed by atoms with E-state index < -0.39 is 21.5 Å². The predicted molar refractivity (Wildman–Crippen MR) is 72.7 cm³/mol. The summed E-state index contributed by atoms with van der Waals surface area (Å²) >= 11 is 4.12. The average Bonchev–Trinajstić information content (AvgIpc) is 3.00. The second-order valence-electron chi connectivity index (χ2n) is 4.28. The lowest BCUT2D eigenvalue weighted by Crippen LogP contribution is -2.39. The Morgan fingerprint density at radius 3 is 2.74 bits per heavy atom. The molecular formula is C10H12BrNO5S2. The maximum atomic E-state index is 12.2. The normalized spacial score (nSPS) is 17.2. The predicted octanol–water partition coefficient (Wildman–Crippen LogP) is 1.10. The molecule has 0 aliphatic heterocycles. The number of rotatable bonds is 5. The Bertz CT molecular complexity index is 605. The SMILES string of the molecule is COC(=O)c1cc(S(=O)(=O)NC2(CO)CC2)c(Br)s1. The molecule has 0 bridgehead atoms. The van der Waals surface area contributed by atoms with E-state index in [0.29, 0.717) is 16.6 Å². The molecule has 0 spiro atoms. The van der Waals surface area contributed by atoms with Crippen LogP contribution in [0, 0.1) is 0 Å². The summed E-state index contributed by atoms with van der Waals surface area (Å²) in [6.45, 7) is -0.238. The van der Waals surface area contributed by atoms with E-state index in [9.17, 15) is 13.2 Å². The molecule has 1 aliphatic carbocycles. The van der Waals surface area contributed by atoms with Crippen LogP contribution in [0.15, 0.2) is 14.7 Å². The van der Waals surface area contributed by atoms with Crippen molar-refractivity contribution in [2.24, 2.45) is 0 Å².